The molecular weight excluding hydrogens is 228 g/mol. The Kier molecular flexibility index (Phi) is 3.57. The smallest absolute Gasteiger partial charge is 0.309 e. The van der Waals surface area contributed by atoms with Gasteiger partial charge in [0.15, 0.2) is 0 Å². The van der Waals surface area contributed by atoms with Gasteiger partial charge in [0.05, 0.1) is 12.1 Å². The summed E-state index contributed by atoms with van der Waals surface area (Å²) in [4.78, 5) is 13.9. The lowest BCUT2D eigenvalue weighted by Gasteiger charge is -2.07. The van der Waals surface area contributed by atoms with E-state index >= 15 is 0 Å². The van der Waals surface area contributed by atoms with Crippen molar-refractivity contribution in [2.45, 2.75) is 19.8 Å². The molecule has 0 bridgehead atoms. The molecule has 0 atom stereocenters. The largest absolute Gasteiger partial charge is 0.481 e. The van der Waals surface area contributed by atoms with Crippen LogP contribution >= 0.6 is 11.6 Å². The zero-order valence-electron chi connectivity index (χ0n) is 7.80. The molecule has 0 fully saturated rings. The predicted molar refractivity (Wildman–Crippen MR) is 50.3 cm³/mol. The zero-order valence-corrected chi connectivity index (χ0v) is 8.55. The molecule has 0 unspecified atom stereocenters. The number of carboxylic acids is 1. The molecule has 0 radical (unpaired) electrons. The van der Waals surface area contributed by atoms with Gasteiger partial charge in [0, 0.05) is 5.02 Å². The van der Waals surface area contributed by atoms with Crippen LogP contribution < -0.4 is 0 Å². The number of carboxylic acid groups (broad SMARTS) is 1. The first-order valence-electron chi connectivity index (χ1n) is 4.07. The highest BCUT2D eigenvalue weighted by molar-refractivity contribution is 6.31. The molecule has 1 rings (SSSR count). The van der Waals surface area contributed by atoms with Crippen LogP contribution in [0.25, 0.3) is 0 Å². The number of nitrogens with zero attached hydrogens (tertiary/aromatic N) is 1. The van der Waals surface area contributed by atoms with E-state index in [1.54, 1.807) is 0 Å². The molecule has 82 valence electrons. The zero-order chi connectivity index (χ0) is 11.6. The highest BCUT2D eigenvalue weighted by Crippen LogP contribution is 2.26. The summed E-state index contributed by atoms with van der Waals surface area (Å²) in [6, 6.07) is 1.29. The van der Waals surface area contributed by atoms with Gasteiger partial charge in [-0.25, -0.2) is 8.78 Å². The van der Waals surface area contributed by atoms with E-state index < -0.39 is 24.5 Å². The van der Waals surface area contributed by atoms with Gasteiger partial charge >= 0.3 is 5.97 Å². The van der Waals surface area contributed by atoms with Crippen molar-refractivity contribution < 1.29 is 18.7 Å². The van der Waals surface area contributed by atoms with E-state index in [0.29, 0.717) is 0 Å². The van der Waals surface area contributed by atoms with Crippen molar-refractivity contribution in [2.75, 3.05) is 0 Å². The summed E-state index contributed by atoms with van der Waals surface area (Å²) >= 11 is 5.68. The standard InChI is InChI=1S/C9H8ClF2NO2/c1-4-6(10)2-5(3-7(14)15)13-8(4)9(11)12/h2,9H,3H2,1H3,(H,14,15). The maximum atomic E-state index is 12.5. The van der Waals surface area contributed by atoms with Gasteiger partial charge in [-0.1, -0.05) is 11.6 Å². The molecule has 0 saturated carbocycles. The lowest BCUT2D eigenvalue weighted by Crippen LogP contribution is -2.06. The molecule has 0 aromatic carbocycles. The van der Waals surface area contributed by atoms with Gasteiger partial charge in [0.1, 0.15) is 5.69 Å². The maximum Gasteiger partial charge on any atom is 0.309 e. The van der Waals surface area contributed by atoms with E-state index in [1.165, 1.54) is 13.0 Å². The van der Waals surface area contributed by atoms with Gasteiger partial charge in [-0.3, -0.25) is 9.78 Å². The molecule has 1 N–H and O–H groups in total. The molecule has 1 heterocycles. The lowest BCUT2D eigenvalue weighted by molar-refractivity contribution is -0.136. The highest BCUT2D eigenvalue weighted by atomic mass is 35.5. The molecule has 3 nitrogen and oxygen atoms in total. The van der Waals surface area contributed by atoms with E-state index in [1.807, 2.05) is 0 Å². The molecule has 0 aliphatic heterocycles. The van der Waals surface area contributed by atoms with Crippen LogP contribution in [0.3, 0.4) is 0 Å². The minimum absolute atomic E-state index is 0.0356. The first-order chi connectivity index (χ1) is 6.91. The van der Waals surface area contributed by atoms with Crippen LogP contribution in [0.2, 0.25) is 5.02 Å². The maximum absolute atomic E-state index is 12.5. The van der Waals surface area contributed by atoms with Gasteiger partial charge in [-0.2, -0.15) is 0 Å². The van der Waals surface area contributed by atoms with Crippen LogP contribution in [0.15, 0.2) is 6.07 Å². The first kappa shape index (κ1) is 11.8. The Morgan fingerprint density at radius 2 is 2.27 bits per heavy atom. The van der Waals surface area contributed by atoms with Gasteiger partial charge in [0.2, 0.25) is 0 Å². The minimum atomic E-state index is -2.75. The second-order valence-corrected chi connectivity index (χ2v) is 3.38. The Morgan fingerprint density at radius 3 is 2.73 bits per heavy atom. The van der Waals surface area contributed by atoms with Crippen molar-refractivity contribution in [3.8, 4) is 0 Å². The second-order valence-electron chi connectivity index (χ2n) is 2.98. The molecule has 0 aliphatic carbocycles. The number of aliphatic carboxylic acids is 1. The molecule has 1 aromatic rings. The average Bonchev–Trinajstić information content (AvgIpc) is 2.09. The number of halogens is 3. The third-order valence-electron chi connectivity index (χ3n) is 1.84. The monoisotopic (exact) mass is 235 g/mol. The second kappa shape index (κ2) is 4.53. The van der Waals surface area contributed by atoms with Crippen molar-refractivity contribution in [3.63, 3.8) is 0 Å². The summed E-state index contributed by atoms with van der Waals surface area (Å²) in [5.74, 6) is -1.14. The number of carbonyl (C=O) groups is 1. The Balaban J connectivity index is 3.17. The van der Waals surface area contributed by atoms with Gasteiger partial charge < -0.3 is 5.11 Å². The van der Waals surface area contributed by atoms with Crippen LogP contribution in [0.1, 0.15) is 23.4 Å². The Labute approximate surface area is 89.7 Å². The summed E-state index contributed by atoms with van der Waals surface area (Å²) in [7, 11) is 0. The summed E-state index contributed by atoms with van der Waals surface area (Å²) in [6.07, 6.45) is -3.17. The fraction of sp³-hybridized carbons (Fsp3) is 0.333. The lowest BCUT2D eigenvalue weighted by atomic mass is 10.1. The Morgan fingerprint density at radius 1 is 1.67 bits per heavy atom. The van der Waals surface area contributed by atoms with Crippen LogP contribution in [0, 0.1) is 6.92 Å². The molecule has 0 aliphatic rings. The van der Waals surface area contributed by atoms with E-state index in [2.05, 4.69) is 4.98 Å². The van der Waals surface area contributed by atoms with Crippen molar-refractivity contribution in [2.24, 2.45) is 0 Å². The third-order valence-corrected chi connectivity index (χ3v) is 2.23. The fourth-order valence-corrected chi connectivity index (χ4v) is 1.33. The number of pyridine rings is 1. The quantitative estimate of drug-likeness (QED) is 0.876. The fourth-order valence-electron chi connectivity index (χ4n) is 1.11. The molecule has 0 amide bonds. The van der Waals surface area contributed by atoms with E-state index in [0.717, 1.165) is 0 Å². The SMILES string of the molecule is Cc1c(Cl)cc(CC(=O)O)nc1C(F)F. The topological polar surface area (TPSA) is 50.2 Å². The Bertz CT molecular complexity index is 396. The molecule has 0 saturated heterocycles. The number of aromatic nitrogens is 1. The van der Waals surface area contributed by atoms with E-state index in [-0.39, 0.29) is 16.3 Å². The van der Waals surface area contributed by atoms with Crippen LogP contribution in [-0.2, 0) is 11.2 Å². The van der Waals surface area contributed by atoms with Crippen molar-refractivity contribution in [3.05, 3.63) is 28.0 Å². The molecular formula is C9H8ClF2NO2. The number of alkyl halides is 2. The number of rotatable bonds is 3. The van der Waals surface area contributed by atoms with Gasteiger partial charge in [-0.15, -0.1) is 0 Å². The third kappa shape index (κ3) is 2.86. The molecule has 15 heavy (non-hydrogen) atoms. The minimum Gasteiger partial charge on any atom is -0.481 e. The highest BCUT2D eigenvalue weighted by Gasteiger charge is 2.17. The number of hydrogen-bond acceptors (Lipinski definition) is 2. The van der Waals surface area contributed by atoms with E-state index in [9.17, 15) is 13.6 Å². The molecule has 6 heteroatoms. The summed E-state index contributed by atoms with van der Waals surface area (Å²) in [5, 5.41) is 8.59. The van der Waals surface area contributed by atoms with Crippen LogP contribution in [-0.4, -0.2) is 16.1 Å². The molecule has 0 spiro atoms. The average molecular weight is 236 g/mol. The van der Waals surface area contributed by atoms with Gasteiger partial charge in [-0.05, 0) is 18.6 Å². The number of hydrogen-bond donors (Lipinski definition) is 1. The van der Waals surface area contributed by atoms with Crippen molar-refractivity contribution in [1.29, 1.82) is 0 Å². The summed E-state index contributed by atoms with van der Waals surface area (Å²) in [5.41, 5.74) is -0.243. The van der Waals surface area contributed by atoms with Crippen LogP contribution in [0.4, 0.5) is 8.78 Å². The van der Waals surface area contributed by atoms with Crippen molar-refractivity contribution in [1.82, 2.24) is 4.98 Å². The first-order valence-corrected chi connectivity index (χ1v) is 4.45. The summed E-state index contributed by atoms with van der Waals surface area (Å²) < 4.78 is 24.9. The Hall–Kier alpha value is -1.23. The van der Waals surface area contributed by atoms with E-state index in [4.69, 9.17) is 16.7 Å². The van der Waals surface area contributed by atoms with Gasteiger partial charge in [0.25, 0.3) is 6.43 Å². The van der Waals surface area contributed by atoms with Crippen LogP contribution in [0.5, 0.6) is 0 Å². The predicted octanol–water partition coefficient (Wildman–Crippen LogP) is 2.61. The van der Waals surface area contributed by atoms with Crippen molar-refractivity contribution >= 4 is 17.6 Å². The normalized spacial score (nSPS) is 10.7. The summed E-state index contributed by atoms with van der Waals surface area (Å²) in [6.45, 7) is 1.42. The molecule has 1 aromatic heterocycles.